The van der Waals surface area contributed by atoms with Crippen molar-refractivity contribution in [3.63, 3.8) is 0 Å². The van der Waals surface area contributed by atoms with E-state index in [1.165, 1.54) is 11.8 Å². The van der Waals surface area contributed by atoms with Crippen LogP contribution in [0.5, 0.6) is 0 Å². The molecule has 2 aromatic rings. The van der Waals surface area contributed by atoms with E-state index in [0.717, 1.165) is 22.5 Å². The van der Waals surface area contributed by atoms with E-state index >= 15 is 0 Å². The van der Waals surface area contributed by atoms with Gasteiger partial charge in [-0.1, -0.05) is 30.3 Å². The number of anilines is 2. The minimum atomic E-state index is -0.110. The molecular weight excluding hydrogens is 308 g/mol. The predicted octanol–water partition coefficient (Wildman–Crippen LogP) is 3.61. The lowest BCUT2D eigenvalue weighted by Gasteiger charge is -2.09. The van der Waals surface area contributed by atoms with Crippen LogP contribution in [0.15, 0.2) is 48.5 Å². The van der Waals surface area contributed by atoms with Crippen molar-refractivity contribution in [3.05, 3.63) is 59.7 Å². The third-order valence-electron chi connectivity index (χ3n) is 3.19. The van der Waals surface area contributed by atoms with Crippen molar-refractivity contribution in [1.29, 1.82) is 0 Å². The fourth-order valence-corrected chi connectivity index (χ4v) is 2.63. The molecule has 0 aromatic heterocycles. The Kier molecular flexibility index (Phi) is 6.23. The number of para-hydroxylation sites is 1. The second-order valence-electron chi connectivity index (χ2n) is 5.27. The minimum absolute atomic E-state index is 0.101. The van der Waals surface area contributed by atoms with Crippen LogP contribution in [0.3, 0.4) is 0 Å². The summed E-state index contributed by atoms with van der Waals surface area (Å²) in [5.74, 6) is 0.280. The lowest BCUT2D eigenvalue weighted by atomic mass is 10.1. The van der Waals surface area contributed by atoms with Crippen LogP contribution in [0.25, 0.3) is 0 Å². The van der Waals surface area contributed by atoms with Crippen LogP contribution < -0.4 is 10.6 Å². The van der Waals surface area contributed by atoms with Gasteiger partial charge in [-0.25, -0.2) is 0 Å². The zero-order chi connectivity index (χ0) is 16.7. The molecule has 2 amide bonds. The fraction of sp³-hybridized carbons (Fsp3) is 0.222. The summed E-state index contributed by atoms with van der Waals surface area (Å²) in [5, 5.41) is 5.67. The molecule has 0 saturated heterocycles. The fourth-order valence-electron chi connectivity index (χ4n) is 2.01. The summed E-state index contributed by atoms with van der Waals surface area (Å²) in [6.07, 6.45) is 0. The monoisotopic (exact) mass is 328 g/mol. The zero-order valence-corrected chi connectivity index (χ0v) is 14.1. The number of hydrogen-bond acceptors (Lipinski definition) is 3. The molecule has 0 aliphatic rings. The maximum Gasteiger partial charge on any atom is 0.234 e. The van der Waals surface area contributed by atoms with Crippen LogP contribution in [0.2, 0.25) is 0 Å². The highest BCUT2D eigenvalue weighted by molar-refractivity contribution is 8.00. The molecule has 120 valence electrons. The van der Waals surface area contributed by atoms with E-state index < -0.39 is 0 Å². The van der Waals surface area contributed by atoms with Crippen molar-refractivity contribution < 1.29 is 9.59 Å². The minimum Gasteiger partial charge on any atom is -0.325 e. The Morgan fingerprint density at radius 2 is 1.57 bits per heavy atom. The molecule has 0 atom stereocenters. The van der Waals surface area contributed by atoms with Crippen molar-refractivity contribution in [2.24, 2.45) is 0 Å². The van der Waals surface area contributed by atoms with Gasteiger partial charge >= 0.3 is 0 Å². The quantitative estimate of drug-likeness (QED) is 0.851. The second-order valence-corrected chi connectivity index (χ2v) is 6.26. The third-order valence-corrected chi connectivity index (χ3v) is 4.12. The van der Waals surface area contributed by atoms with Crippen LogP contribution in [-0.4, -0.2) is 23.3 Å². The summed E-state index contributed by atoms with van der Waals surface area (Å²) < 4.78 is 0. The number of rotatable bonds is 6. The van der Waals surface area contributed by atoms with Gasteiger partial charge in [0.25, 0.3) is 0 Å². The molecule has 0 radical (unpaired) electrons. The first-order valence-electron chi connectivity index (χ1n) is 7.34. The SMILES string of the molecule is Cc1ccc(C)c(NC(=O)CSCC(=O)Nc2ccccc2)c1. The van der Waals surface area contributed by atoms with Gasteiger partial charge in [0.2, 0.25) is 11.8 Å². The second kappa shape index (κ2) is 8.39. The molecule has 0 aliphatic heterocycles. The van der Waals surface area contributed by atoms with E-state index in [4.69, 9.17) is 0 Å². The van der Waals surface area contributed by atoms with Crippen molar-refractivity contribution in [1.82, 2.24) is 0 Å². The number of aryl methyl sites for hydroxylation is 2. The Morgan fingerprint density at radius 1 is 0.913 bits per heavy atom. The normalized spacial score (nSPS) is 10.2. The van der Waals surface area contributed by atoms with Gasteiger partial charge in [0.1, 0.15) is 0 Å². The third kappa shape index (κ3) is 5.79. The first-order valence-corrected chi connectivity index (χ1v) is 8.50. The molecule has 0 bridgehead atoms. The van der Waals surface area contributed by atoms with Crippen LogP contribution >= 0.6 is 11.8 Å². The summed E-state index contributed by atoms with van der Waals surface area (Å²) in [6, 6.07) is 15.2. The highest BCUT2D eigenvalue weighted by Crippen LogP contribution is 2.16. The van der Waals surface area contributed by atoms with Gasteiger partial charge in [-0.3, -0.25) is 9.59 Å². The number of hydrogen-bond donors (Lipinski definition) is 2. The molecule has 2 rings (SSSR count). The van der Waals surface area contributed by atoms with E-state index in [1.807, 2.05) is 62.4 Å². The van der Waals surface area contributed by atoms with E-state index in [0.29, 0.717) is 0 Å². The number of amides is 2. The summed E-state index contributed by atoms with van der Waals surface area (Å²) in [5.41, 5.74) is 3.71. The average Bonchev–Trinajstić information content (AvgIpc) is 2.52. The van der Waals surface area contributed by atoms with Crippen LogP contribution in [0, 0.1) is 13.8 Å². The van der Waals surface area contributed by atoms with Gasteiger partial charge in [0.05, 0.1) is 11.5 Å². The molecule has 2 aromatic carbocycles. The average molecular weight is 328 g/mol. The maximum absolute atomic E-state index is 12.0. The molecule has 23 heavy (non-hydrogen) atoms. The summed E-state index contributed by atoms with van der Waals surface area (Å²) in [6.45, 7) is 3.94. The van der Waals surface area contributed by atoms with E-state index in [2.05, 4.69) is 10.6 Å². The number of carbonyl (C=O) groups is 2. The number of carbonyl (C=O) groups excluding carboxylic acids is 2. The molecular formula is C18H20N2O2S. The number of nitrogens with one attached hydrogen (secondary N) is 2. The van der Waals surface area contributed by atoms with E-state index in [9.17, 15) is 9.59 Å². The Hall–Kier alpha value is -2.27. The molecule has 4 nitrogen and oxygen atoms in total. The Balaban J connectivity index is 1.74. The van der Waals surface area contributed by atoms with Crippen molar-refractivity contribution in [2.75, 3.05) is 22.1 Å². The summed E-state index contributed by atoms with van der Waals surface area (Å²) >= 11 is 1.29. The van der Waals surface area contributed by atoms with Crippen molar-refractivity contribution in [2.45, 2.75) is 13.8 Å². The maximum atomic E-state index is 12.0. The zero-order valence-electron chi connectivity index (χ0n) is 13.3. The van der Waals surface area contributed by atoms with Gasteiger partial charge < -0.3 is 10.6 Å². The van der Waals surface area contributed by atoms with E-state index in [1.54, 1.807) is 0 Å². The molecule has 0 spiro atoms. The lowest BCUT2D eigenvalue weighted by Crippen LogP contribution is -2.18. The topological polar surface area (TPSA) is 58.2 Å². The highest BCUT2D eigenvalue weighted by Gasteiger charge is 2.08. The predicted molar refractivity (Wildman–Crippen MR) is 96.9 cm³/mol. The summed E-state index contributed by atoms with van der Waals surface area (Å²) in [4.78, 5) is 23.7. The molecule has 2 N–H and O–H groups in total. The summed E-state index contributed by atoms with van der Waals surface area (Å²) in [7, 11) is 0. The van der Waals surface area contributed by atoms with Crippen molar-refractivity contribution in [3.8, 4) is 0 Å². The van der Waals surface area contributed by atoms with Crippen LogP contribution in [0.1, 0.15) is 11.1 Å². The lowest BCUT2D eigenvalue weighted by molar-refractivity contribution is -0.114. The standard InChI is InChI=1S/C18H20N2O2S/c1-13-8-9-14(2)16(10-13)20-18(22)12-23-11-17(21)19-15-6-4-3-5-7-15/h3-10H,11-12H2,1-2H3,(H,19,21)(H,20,22). The Bertz CT molecular complexity index is 687. The molecule has 0 heterocycles. The van der Waals surface area contributed by atoms with Gasteiger partial charge in [-0.05, 0) is 43.2 Å². The van der Waals surface area contributed by atoms with Gasteiger partial charge in [-0.15, -0.1) is 11.8 Å². The van der Waals surface area contributed by atoms with E-state index in [-0.39, 0.29) is 23.3 Å². The molecule has 0 saturated carbocycles. The van der Waals surface area contributed by atoms with Crippen molar-refractivity contribution >= 4 is 35.0 Å². The molecule has 0 aliphatic carbocycles. The molecule has 5 heteroatoms. The molecule has 0 unspecified atom stereocenters. The van der Waals surface area contributed by atoms with Gasteiger partial charge in [0, 0.05) is 11.4 Å². The van der Waals surface area contributed by atoms with Gasteiger partial charge in [0.15, 0.2) is 0 Å². The number of thioether (sulfide) groups is 1. The number of benzene rings is 2. The van der Waals surface area contributed by atoms with Gasteiger partial charge in [-0.2, -0.15) is 0 Å². The first kappa shape index (κ1) is 17.1. The molecule has 0 fully saturated rings. The highest BCUT2D eigenvalue weighted by atomic mass is 32.2. The Morgan fingerprint density at radius 3 is 2.26 bits per heavy atom. The van der Waals surface area contributed by atoms with Crippen LogP contribution in [0.4, 0.5) is 11.4 Å². The first-order chi connectivity index (χ1) is 11.0. The largest absolute Gasteiger partial charge is 0.325 e. The Labute approximate surface area is 140 Å². The smallest absolute Gasteiger partial charge is 0.234 e. The van der Waals surface area contributed by atoms with Crippen LogP contribution in [-0.2, 0) is 9.59 Å².